The molecule has 5 heteroatoms. The second-order valence-electron chi connectivity index (χ2n) is 10.00. The molecule has 0 saturated heterocycles. The average molecular weight is 531 g/mol. The molecule has 37 heavy (non-hydrogen) atoms. The Bertz CT molecular complexity index is 471. The van der Waals surface area contributed by atoms with Crippen LogP contribution >= 0.6 is 0 Å². The van der Waals surface area contributed by atoms with Crippen molar-refractivity contribution in [2.45, 2.75) is 168 Å². The smallest absolute Gasteiger partial charge is 0.550 e. The molecule has 0 aromatic rings. The van der Waals surface area contributed by atoms with E-state index in [1.807, 2.05) is 0 Å². The minimum absolute atomic E-state index is 0. The molecule has 0 atom stereocenters. The zero-order valence-electron chi connectivity index (χ0n) is 24.6. The number of rotatable bonds is 26. The van der Waals surface area contributed by atoms with Crippen LogP contribution in [0.1, 0.15) is 168 Å². The van der Waals surface area contributed by atoms with Gasteiger partial charge in [-0.15, -0.1) is 0 Å². The van der Waals surface area contributed by atoms with Crippen LogP contribution in [-0.2, 0) is 9.59 Å². The first-order valence-corrected chi connectivity index (χ1v) is 15.2. The van der Waals surface area contributed by atoms with Crippen LogP contribution in [0.5, 0.6) is 0 Å². The molecule has 0 unspecified atom stereocenters. The number of carbonyl (C=O) groups is 2. The fourth-order valence-corrected chi connectivity index (χ4v) is 3.97. The van der Waals surface area contributed by atoms with E-state index in [4.69, 9.17) is 0 Å². The number of unbranched alkanes of at least 4 members (excludes halogenated alkanes) is 18. The Balaban J connectivity index is -0.000000608. The zero-order valence-corrected chi connectivity index (χ0v) is 26.0. The number of carboxylic acid groups (broad SMARTS) is 2. The summed E-state index contributed by atoms with van der Waals surface area (Å²) in [6.07, 6.45) is 36.0. The van der Waals surface area contributed by atoms with Crippen LogP contribution in [0.15, 0.2) is 24.3 Å². The molecule has 0 radical (unpaired) electrons. The molecule has 0 fully saturated rings. The van der Waals surface area contributed by atoms with Gasteiger partial charge in [0.1, 0.15) is 0 Å². The summed E-state index contributed by atoms with van der Waals surface area (Å²) in [5.41, 5.74) is 0. The van der Waals surface area contributed by atoms with Gasteiger partial charge < -0.3 is 19.8 Å². The second kappa shape index (κ2) is 37.3. The molecular weight excluding hydrogens is 473 g/mol. The minimum atomic E-state index is -0.916. The molecule has 0 aromatic carbocycles. The summed E-state index contributed by atoms with van der Waals surface area (Å²) in [5.74, 6) is -1.83. The van der Waals surface area contributed by atoms with Crippen molar-refractivity contribution in [1.29, 1.82) is 0 Å². The molecule has 0 aromatic heterocycles. The van der Waals surface area contributed by atoms with Crippen molar-refractivity contribution in [3.63, 3.8) is 0 Å². The predicted molar refractivity (Wildman–Crippen MR) is 156 cm³/mol. The molecule has 0 aliphatic carbocycles. The Labute approximate surface area is 246 Å². The maximum atomic E-state index is 10.2. The standard InChI is InChI=1S/2C16H30O2.Mg/c2*1-2-3-4-5-6-7-8-9-10-11-12-13-14-15-16(17)18;/h2*7-8H,2-6,9-15H2,1H3,(H,17,18);/q;;+2/p-2/b2*8-7-;. The van der Waals surface area contributed by atoms with Crippen molar-refractivity contribution >= 4 is 35.0 Å². The number of carboxylic acids is 2. The number of hydrogen-bond acceptors (Lipinski definition) is 4. The number of aliphatic carboxylic acids is 2. The third-order valence-electron chi connectivity index (χ3n) is 6.29. The van der Waals surface area contributed by atoms with E-state index in [-0.39, 0.29) is 35.9 Å². The van der Waals surface area contributed by atoms with Crippen LogP contribution in [0.4, 0.5) is 0 Å². The van der Waals surface area contributed by atoms with Crippen molar-refractivity contribution < 1.29 is 19.8 Å². The Kier molecular flexibility index (Phi) is 41.1. The maximum Gasteiger partial charge on any atom is 2.00 e. The Morgan fingerprint density at radius 3 is 0.946 bits per heavy atom. The molecule has 0 spiro atoms. The second-order valence-corrected chi connectivity index (χ2v) is 10.00. The average Bonchev–Trinajstić information content (AvgIpc) is 2.85. The summed E-state index contributed by atoms with van der Waals surface area (Å²) >= 11 is 0. The van der Waals surface area contributed by atoms with E-state index >= 15 is 0 Å². The molecular formula is C32H58MgO4. The fourth-order valence-electron chi connectivity index (χ4n) is 3.97. The zero-order chi connectivity index (χ0) is 27.0. The largest absolute Gasteiger partial charge is 2.00 e. The molecule has 0 rings (SSSR count). The van der Waals surface area contributed by atoms with E-state index in [0.717, 1.165) is 38.5 Å². The Hall–Kier alpha value is -0.814. The molecule has 0 amide bonds. The van der Waals surface area contributed by atoms with Crippen molar-refractivity contribution in [3.8, 4) is 0 Å². The molecule has 0 aliphatic rings. The van der Waals surface area contributed by atoms with E-state index in [2.05, 4.69) is 38.2 Å². The van der Waals surface area contributed by atoms with Gasteiger partial charge in [-0.25, -0.2) is 0 Å². The summed E-state index contributed by atoms with van der Waals surface area (Å²) < 4.78 is 0. The quantitative estimate of drug-likeness (QED) is 0.0654. The van der Waals surface area contributed by atoms with Gasteiger partial charge >= 0.3 is 23.1 Å². The Morgan fingerprint density at radius 2 is 0.676 bits per heavy atom. The van der Waals surface area contributed by atoms with Crippen molar-refractivity contribution in [2.75, 3.05) is 0 Å². The molecule has 0 aliphatic heterocycles. The maximum absolute atomic E-state index is 10.2. The van der Waals surface area contributed by atoms with Crippen molar-refractivity contribution in [3.05, 3.63) is 24.3 Å². The third kappa shape index (κ3) is 45.5. The van der Waals surface area contributed by atoms with Gasteiger partial charge in [0.15, 0.2) is 0 Å². The van der Waals surface area contributed by atoms with Gasteiger partial charge in [0.05, 0.1) is 0 Å². The van der Waals surface area contributed by atoms with Gasteiger partial charge in [0.25, 0.3) is 0 Å². The summed E-state index contributed by atoms with van der Waals surface area (Å²) in [7, 11) is 0. The molecule has 0 bridgehead atoms. The van der Waals surface area contributed by atoms with Gasteiger partial charge in [-0.2, -0.15) is 0 Å². The van der Waals surface area contributed by atoms with E-state index in [9.17, 15) is 19.8 Å². The SMILES string of the molecule is CCCCCC/C=C\CCCCCCCC(=O)[O-].CCCCCC/C=C\CCCCCCCC(=O)[O-].[Mg+2]. The number of allylic oxidation sites excluding steroid dienone is 4. The first-order chi connectivity index (χ1) is 17.5. The topological polar surface area (TPSA) is 80.3 Å². The van der Waals surface area contributed by atoms with Crippen LogP contribution in [0, 0.1) is 0 Å². The third-order valence-corrected chi connectivity index (χ3v) is 6.29. The first kappa shape index (κ1) is 40.7. The van der Waals surface area contributed by atoms with Crippen LogP contribution < -0.4 is 10.2 Å². The minimum Gasteiger partial charge on any atom is -0.550 e. The van der Waals surface area contributed by atoms with Gasteiger partial charge in [-0.3, -0.25) is 0 Å². The molecule has 0 N–H and O–H groups in total. The number of carbonyl (C=O) groups excluding carboxylic acids is 2. The molecule has 0 heterocycles. The summed E-state index contributed by atoms with van der Waals surface area (Å²) in [6.45, 7) is 4.48. The van der Waals surface area contributed by atoms with E-state index in [1.54, 1.807) is 0 Å². The van der Waals surface area contributed by atoms with E-state index < -0.39 is 11.9 Å². The Morgan fingerprint density at radius 1 is 0.432 bits per heavy atom. The van der Waals surface area contributed by atoms with Crippen LogP contribution in [0.25, 0.3) is 0 Å². The molecule has 4 nitrogen and oxygen atoms in total. The van der Waals surface area contributed by atoms with Gasteiger partial charge in [-0.05, 0) is 77.0 Å². The van der Waals surface area contributed by atoms with Crippen LogP contribution in [0.3, 0.4) is 0 Å². The van der Waals surface area contributed by atoms with Crippen molar-refractivity contribution in [2.24, 2.45) is 0 Å². The normalized spacial score (nSPS) is 10.9. The molecule has 212 valence electrons. The first-order valence-electron chi connectivity index (χ1n) is 15.2. The fraction of sp³-hybridized carbons (Fsp3) is 0.812. The van der Waals surface area contributed by atoms with Crippen LogP contribution in [-0.4, -0.2) is 35.0 Å². The van der Waals surface area contributed by atoms with Gasteiger partial charge in [0, 0.05) is 11.9 Å². The van der Waals surface area contributed by atoms with Crippen LogP contribution in [0.2, 0.25) is 0 Å². The van der Waals surface area contributed by atoms with Gasteiger partial charge in [-0.1, -0.05) is 115 Å². The van der Waals surface area contributed by atoms with E-state index in [1.165, 1.54) is 103 Å². The van der Waals surface area contributed by atoms with Gasteiger partial charge in [0.2, 0.25) is 0 Å². The summed E-state index contributed by atoms with van der Waals surface area (Å²) in [4.78, 5) is 20.4. The molecule has 0 saturated carbocycles. The summed E-state index contributed by atoms with van der Waals surface area (Å²) in [5, 5.41) is 20.4. The number of hydrogen-bond donors (Lipinski definition) is 0. The predicted octanol–water partition coefficient (Wildman–Crippen LogP) is 7.61. The van der Waals surface area contributed by atoms with E-state index in [0.29, 0.717) is 0 Å². The van der Waals surface area contributed by atoms with Crippen molar-refractivity contribution in [1.82, 2.24) is 0 Å². The monoisotopic (exact) mass is 530 g/mol. The summed E-state index contributed by atoms with van der Waals surface area (Å²) in [6, 6.07) is 0.